The lowest BCUT2D eigenvalue weighted by Crippen LogP contribution is -1.97. The monoisotopic (exact) mass is 258 g/mol. The van der Waals surface area contributed by atoms with Crippen LogP contribution in [-0.2, 0) is 9.84 Å². The van der Waals surface area contributed by atoms with Crippen molar-refractivity contribution in [1.29, 1.82) is 5.39 Å². The van der Waals surface area contributed by atoms with Crippen molar-refractivity contribution in [2.24, 2.45) is 0 Å². The van der Waals surface area contributed by atoms with Crippen molar-refractivity contribution in [3.05, 3.63) is 41.4 Å². The molecule has 0 aliphatic carbocycles. The van der Waals surface area contributed by atoms with Crippen LogP contribution in [0.2, 0.25) is 0 Å². The van der Waals surface area contributed by atoms with Gasteiger partial charge in [-0.3, -0.25) is 0 Å². The summed E-state index contributed by atoms with van der Waals surface area (Å²) in [4.78, 5) is 3.44. The number of fused-ring (bicyclic) bond motifs is 3. The first-order chi connectivity index (χ1) is 8.55. The maximum atomic E-state index is 12.3. The van der Waals surface area contributed by atoms with E-state index in [1.54, 1.807) is 18.2 Å². The molecule has 0 spiro atoms. The van der Waals surface area contributed by atoms with E-state index in [1.165, 1.54) is 18.2 Å². The predicted molar refractivity (Wildman–Crippen MR) is 66.5 cm³/mol. The highest BCUT2D eigenvalue weighted by Crippen LogP contribution is 2.48. The van der Waals surface area contributed by atoms with E-state index in [1.807, 2.05) is 0 Å². The van der Waals surface area contributed by atoms with E-state index < -0.39 is 9.84 Å². The van der Waals surface area contributed by atoms with E-state index in [4.69, 9.17) is 11.1 Å². The molecule has 5 nitrogen and oxygen atoms in total. The zero-order valence-electron chi connectivity index (χ0n) is 9.16. The molecule has 6 heteroatoms. The second kappa shape index (κ2) is 3.31. The fourth-order valence-electron chi connectivity index (χ4n) is 2.21. The van der Waals surface area contributed by atoms with Gasteiger partial charge in [-0.1, -0.05) is 18.2 Å². The molecule has 0 unspecified atom stereocenters. The summed E-state index contributed by atoms with van der Waals surface area (Å²) in [6.45, 7) is 0. The van der Waals surface area contributed by atoms with Gasteiger partial charge in [-0.15, -0.1) is 0 Å². The van der Waals surface area contributed by atoms with Crippen LogP contribution >= 0.6 is 0 Å². The van der Waals surface area contributed by atoms with Crippen molar-refractivity contribution in [3.8, 4) is 11.1 Å². The van der Waals surface area contributed by atoms with Gasteiger partial charge < -0.3 is 5.73 Å². The van der Waals surface area contributed by atoms with Gasteiger partial charge in [0.1, 0.15) is 0 Å². The van der Waals surface area contributed by atoms with Gasteiger partial charge in [0, 0.05) is 11.3 Å². The van der Waals surface area contributed by atoms with Crippen LogP contribution in [0.25, 0.3) is 16.1 Å². The minimum Gasteiger partial charge on any atom is -0.398 e. The predicted octanol–water partition coefficient (Wildman–Crippen LogP) is 2.57. The Hall–Kier alpha value is -2.39. The molecule has 0 aromatic heterocycles. The van der Waals surface area contributed by atoms with Crippen molar-refractivity contribution >= 4 is 21.2 Å². The van der Waals surface area contributed by atoms with Gasteiger partial charge in [-0.05, 0) is 12.1 Å². The first-order valence-electron chi connectivity index (χ1n) is 5.19. The molecule has 2 aromatic rings. The van der Waals surface area contributed by atoms with Crippen LogP contribution in [0, 0.1) is 5.39 Å². The van der Waals surface area contributed by atoms with Crippen LogP contribution in [0.5, 0.6) is 0 Å². The number of diazo groups is 1. The van der Waals surface area contributed by atoms with E-state index in [0.29, 0.717) is 11.1 Å². The first-order valence-corrected chi connectivity index (χ1v) is 6.67. The minimum atomic E-state index is -3.57. The lowest BCUT2D eigenvalue weighted by Gasteiger charge is -1.97. The van der Waals surface area contributed by atoms with E-state index in [2.05, 4.69) is 4.98 Å². The Morgan fingerprint density at radius 3 is 2.56 bits per heavy atom. The average molecular weight is 258 g/mol. The summed E-state index contributed by atoms with van der Waals surface area (Å²) < 4.78 is 24.6. The Balaban J connectivity index is 2.56. The van der Waals surface area contributed by atoms with Crippen LogP contribution in [0.3, 0.4) is 0 Å². The summed E-state index contributed by atoms with van der Waals surface area (Å²) in [5.41, 5.74) is 6.99. The van der Waals surface area contributed by atoms with Crippen molar-refractivity contribution in [3.63, 3.8) is 0 Å². The van der Waals surface area contributed by atoms with Crippen LogP contribution < -0.4 is 5.73 Å². The van der Waals surface area contributed by atoms with E-state index >= 15 is 0 Å². The molecule has 3 rings (SSSR count). The SMILES string of the molecule is N#[N+]c1cc(N)cc2c1-c1ccccc1S2(=O)=O. The lowest BCUT2D eigenvalue weighted by molar-refractivity contribution is 0.599. The molecule has 2 N–H and O–H groups in total. The smallest absolute Gasteiger partial charge is 0.396 e. The standard InChI is InChI=1S/C12H8N3O2S/c13-7-5-9(15-14)12-8-3-1-2-4-10(8)18(16,17)11(12)6-7/h1-6H,13H2/q+1. The molecular weight excluding hydrogens is 250 g/mol. The molecule has 1 heterocycles. The number of anilines is 1. The van der Waals surface area contributed by atoms with Crippen LogP contribution in [0.15, 0.2) is 46.2 Å². The van der Waals surface area contributed by atoms with Crippen molar-refractivity contribution < 1.29 is 8.42 Å². The van der Waals surface area contributed by atoms with Gasteiger partial charge in [0.15, 0.2) is 4.98 Å². The van der Waals surface area contributed by atoms with Gasteiger partial charge in [-0.25, -0.2) is 8.42 Å². The Labute approximate surface area is 103 Å². The number of hydrogen-bond donors (Lipinski definition) is 1. The summed E-state index contributed by atoms with van der Waals surface area (Å²) in [6.07, 6.45) is 0. The maximum Gasteiger partial charge on any atom is 0.396 e. The molecule has 0 saturated carbocycles. The highest BCUT2D eigenvalue weighted by Gasteiger charge is 2.38. The third-order valence-corrected chi connectivity index (χ3v) is 4.78. The summed E-state index contributed by atoms with van der Waals surface area (Å²) in [7, 11) is -3.57. The quantitative estimate of drug-likeness (QED) is 0.495. The second-order valence-corrected chi connectivity index (χ2v) is 5.90. The summed E-state index contributed by atoms with van der Waals surface area (Å²) in [5.74, 6) is 0. The third-order valence-electron chi connectivity index (χ3n) is 2.95. The molecule has 2 aromatic carbocycles. The average Bonchev–Trinajstić information content (AvgIpc) is 2.59. The number of nitrogens with two attached hydrogens (primary N) is 1. The molecule has 0 atom stereocenters. The van der Waals surface area contributed by atoms with E-state index in [9.17, 15) is 8.42 Å². The Morgan fingerprint density at radius 1 is 1.11 bits per heavy atom. The Kier molecular flexibility index (Phi) is 1.97. The summed E-state index contributed by atoms with van der Waals surface area (Å²) >= 11 is 0. The fraction of sp³-hybridized carbons (Fsp3) is 0. The van der Waals surface area contributed by atoms with Gasteiger partial charge in [-0.2, -0.15) is 0 Å². The number of benzene rings is 2. The fourth-order valence-corrected chi connectivity index (χ4v) is 3.94. The van der Waals surface area contributed by atoms with Gasteiger partial charge in [0.2, 0.25) is 15.2 Å². The third kappa shape index (κ3) is 1.19. The lowest BCUT2D eigenvalue weighted by atomic mass is 10.0. The number of hydrogen-bond acceptors (Lipinski definition) is 4. The van der Waals surface area contributed by atoms with Gasteiger partial charge in [0.05, 0.1) is 21.4 Å². The van der Waals surface area contributed by atoms with Gasteiger partial charge >= 0.3 is 5.69 Å². The van der Waals surface area contributed by atoms with Crippen LogP contribution in [0.4, 0.5) is 11.4 Å². The van der Waals surface area contributed by atoms with Gasteiger partial charge in [0.25, 0.3) is 0 Å². The highest BCUT2D eigenvalue weighted by atomic mass is 32.2. The highest BCUT2D eigenvalue weighted by molar-refractivity contribution is 7.92. The molecular formula is C12H8N3O2S+. The van der Waals surface area contributed by atoms with Crippen LogP contribution in [-0.4, -0.2) is 8.42 Å². The van der Waals surface area contributed by atoms with Crippen LogP contribution in [0.1, 0.15) is 0 Å². The molecule has 0 bridgehead atoms. The molecule has 0 fully saturated rings. The molecule has 0 amide bonds. The largest absolute Gasteiger partial charge is 0.398 e. The molecule has 88 valence electrons. The number of rotatable bonds is 0. The van der Waals surface area contributed by atoms with Crippen molar-refractivity contribution in [1.82, 2.24) is 0 Å². The number of nitrogens with zero attached hydrogens (tertiary/aromatic N) is 2. The first kappa shape index (κ1) is 10.7. The maximum absolute atomic E-state index is 12.3. The molecule has 18 heavy (non-hydrogen) atoms. The van der Waals surface area contributed by atoms with Crippen molar-refractivity contribution in [2.75, 3.05) is 5.73 Å². The number of nitrogen functional groups attached to an aromatic ring is 1. The Morgan fingerprint density at radius 2 is 1.83 bits per heavy atom. The summed E-state index contributed by atoms with van der Waals surface area (Å²) in [6, 6.07) is 9.43. The molecule has 1 aliphatic heterocycles. The molecule has 0 saturated heterocycles. The van der Waals surface area contributed by atoms with E-state index in [0.717, 1.165) is 0 Å². The molecule has 0 radical (unpaired) electrons. The molecule has 1 aliphatic rings. The number of sulfone groups is 1. The zero-order chi connectivity index (χ0) is 12.9. The van der Waals surface area contributed by atoms with E-state index in [-0.39, 0.29) is 21.2 Å². The second-order valence-electron chi connectivity index (χ2n) is 4.01. The van der Waals surface area contributed by atoms with Crippen molar-refractivity contribution in [2.45, 2.75) is 9.79 Å². The topological polar surface area (TPSA) is 88.3 Å². The minimum absolute atomic E-state index is 0.0940. The Bertz CT molecular complexity index is 820. The summed E-state index contributed by atoms with van der Waals surface area (Å²) in [5, 5.41) is 9.00. The normalized spacial score (nSPS) is 14.6. The zero-order valence-corrected chi connectivity index (χ0v) is 9.98.